The molecule has 0 aliphatic heterocycles. The first-order valence-corrected chi connectivity index (χ1v) is 9.50. The lowest BCUT2D eigenvalue weighted by atomic mass is 9.97. The van der Waals surface area contributed by atoms with E-state index in [1.165, 1.54) is 12.1 Å². The minimum absolute atomic E-state index is 0.0959. The number of benzene rings is 2. The number of esters is 1. The average molecular weight is 380 g/mol. The SMILES string of the molecule is CCCCc1oc2ccc(C(=O)OC(C)C)cc2c1C(=O)c1ccc(O)cc1. The molecule has 0 unspecified atom stereocenters. The van der Waals surface area contributed by atoms with Gasteiger partial charge >= 0.3 is 5.97 Å². The molecule has 0 aliphatic carbocycles. The Hall–Kier alpha value is -3.08. The van der Waals surface area contributed by atoms with Crippen molar-refractivity contribution >= 4 is 22.7 Å². The van der Waals surface area contributed by atoms with Crippen molar-refractivity contribution in [3.63, 3.8) is 0 Å². The molecule has 1 aromatic heterocycles. The predicted octanol–water partition coefficient (Wildman–Crippen LogP) is 5.28. The molecule has 1 N–H and O–H groups in total. The van der Waals surface area contributed by atoms with Gasteiger partial charge in [0, 0.05) is 17.4 Å². The third-order valence-electron chi connectivity index (χ3n) is 4.45. The minimum Gasteiger partial charge on any atom is -0.508 e. The van der Waals surface area contributed by atoms with Crippen LogP contribution in [0.2, 0.25) is 0 Å². The van der Waals surface area contributed by atoms with Crippen molar-refractivity contribution in [2.75, 3.05) is 0 Å². The topological polar surface area (TPSA) is 76.7 Å². The predicted molar refractivity (Wildman–Crippen MR) is 107 cm³/mol. The highest BCUT2D eigenvalue weighted by Crippen LogP contribution is 2.31. The smallest absolute Gasteiger partial charge is 0.338 e. The summed E-state index contributed by atoms with van der Waals surface area (Å²) in [6.45, 7) is 5.65. The van der Waals surface area contributed by atoms with Crippen LogP contribution in [0.1, 0.15) is 65.7 Å². The number of aromatic hydroxyl groups is 1. The molecule has 2 aromatic carbocycles. The summed E-state index contributed by atoms with van der Waals surface area (Å²) >= 11 is 0. The van der Waals surface area contributed by atoms with Gasteiger partial charge < -0.3 is 14.3 Å². The first-order valence-electron chi connectivity index (χ1n) is 9.50. The number of carbonyl (C=O) groups excluding carboxylic acids is 2. The van der Waals surface area contributed by atoms with Crippen LogP contribution in [0.5, 0.6) is 5.75 Å². The number of hydrogen-bond acceptors (Lipinski definition) is 5. The van der Waals surface area contributed by atoms with Crippen LogP contribution in [0.25, 0.3) is 11.0 Å². The number of ketones is 1. The van der Waals surface area contributed by atoms with Gasteiger partial charge in [-0.1, -0.05) is 13.3 Å². The Bertz CT molecular complexity index is 996. The van der Waals surface area contributed by atoms with E-state index in [9.17, 15) is 14.7 Å². The molecule has 146 valence electrons. The van der Waals surface area contributed by atoms with E-state index >= 15 is 0 Å². The van der Waals surface area contributed by atoms with E-state index in [4.69, 9.17) is 9.15 Å². The molecule has 0 saturated heterocycles. The number of phenolic OH excluding ortho intramolecular Hbond substituents is 1. The molecule has 5 nitrogen and oxygen atoms in total. The Morgan fingerprint density at radius 3 is 2.39 bits per heavy atom. The zero-order chi connectivity index (χ0) is 20.3. The fourth-order valence-electron chi connectivity index (χ4n) is 3.08. The van der Waals surface area contributed by atoms with Crippen LogP contribution in [0.4, 0.5) is 0 Å². The third kappa shape index (κ3) is 4.09. The van der Waals surface area contributed by atoms with Gasteiger partial charge in [-0.2, -0.15) is 0 Å². The number of aryl methyl sites for hydroxylation is 1. The highest BCUT2D eigenvalue weighted by atomic mass is 16.5. The van der Waals surface area contributed by atoms with E-state index in [1.807, 2.05) is 0 Å². The van der Waals surface area contributed by atoms with Gasteiger partial charge in [0.05, 0.1) is 17.2 Å². The Labute approximate surface area is 163 Å². The lowest BCUT2D eigenvalue weighted by Gasteiger charge is -2.08. The van der Waals surface area contributed by atoms with Crippen LogP contribution >= 0.6 is 0 Å². The molecular weight excluding hydrogens is 356 g/mol. The summed E-state index contributed by atoms with van der Waals surface area (Å²) in [7, 11) is 0. The second-order valence-corrected chi connectivity index (χ2v) is 7.04. The third-order valence-corrected chi connectivity index (χ3v) is 4.45. The highest BCUT2D eigenvalue weighted by Gasteiger charge is 2.23. The van der Waals surface area contributed by atoms with Crippen LogP contribution in [0.15, 0.2) is 46.9 Å². The van der Waals surface area contributed by atoms with Crippen LogP contribution in [0, 0.1) is 0 Å². The zero-order valence-corrected chi connectivity index (χ0v) is 16.3. The summed E-state index contributed by atoms with van der Waals surface area (Å²) in [5, 5.41) is 10.1. The van der Waals surface area contributed by atoms with Gasteiger partial charge in [-0.15, -0.1) is 0 Å². The summed E-state index contributed by atoms with van der Waals surface area (Å²) in [6, 6.07) is 11.1. The van der Waals surface area contributed by atoms with Gasteiger partial charge in [0.15, 0.2) is 5.78 Å². The van der Waals surface area contributed by atoms with Crippen molar-refractivity contribution in [2.24, 2.45) is 0 Å². The fourth-order valence-corrected chi connectivity index (χ4v) is 3.08. The molecule has 0 fully saturated rings. The van der Waals surface area contributed by atoms with E-state index in [0.29, 0.717) is 39.8 Å². The van der Waals surface area contributed by atoms with Crippen molar-refractivity contribution in [2.45, 2.75) is 46.1 Å². The summed E-state index contributed by atoms with van der Waals surface area (Å²) < 4.78 is 11.2. The molecule has 28 heavy (non-hydrogen) atoms. The monoisotopic (exact) mass is 380 g/mol. The van der Waals surface area contributed by atoms with Gasteiger partial charge in [-0.3, -0.25) is 4.79 Å². The van der Waals surface area contributed by atoms with Crippen molar-refractivity contribution in [1.82, 2.24) is 0 Å². The van der Waals surface area contributed by atoms with E-state index < -0.39 is 5.97 Å². The summed E-state index contributed by atoms with van der Waals surface area (Å²) in [6.07, 6.45) is 2.26. The van der Waals surface area contributed by atoms with Crippen molar-refractivity contribution in [3.05, 3.63) is 64.9 Å². The second-order valence-electron chi connectivity index (χ2n) is 7.04. The van der Waals surface area contributed by atoms with E-state index in [0.717, 1.165) is 12.8 Å². The van der Waals surface area contributed by atoms with Gasteiger partial charge in [0.2, 0.25) is 0 Å². The standard InChI is InChI=1S/C23H24O5/c1-4-5-6-20-21(22(25)15-7-10-17(24)11-8-15)18-13-16(9-12-19(18)28-20)23(26)27-14(2)3/h7-14,24H,4-6H2,1-3H3. The van der Waals surface area contributed by atoms with Gasteiger partial charge in [0.1, 0.15) is 17.1 Å². The maximum atomic E-state index is 13.2. The highest BCUT2D eigenvalue weighted by molar-refractivity contribution is 6.17. The van der Waals surface area contributed by atoms with Crippen LogP contribution in [0.3, 0.4) is 0 Å². The Morgan fingerprint density at radius 2 is 1.75 bits per heavy atom. The lowest BCUT2D eigenvalue weighted by molar-refractivity contribution is 0.0378. The first-order chi connectivity index (χ1) is 13.4. The molecular formula is C23H24O5. The maximum absolute atomic E-state index is 13.2. The zero-order valence-electron chi connectivity index (χ0n) is 16.3. The van der Waals surface area contributed by atoms with Gasteiger partial charge in [0.25, 0.3) is 0 Å². The summed E-state index contributed by atoms with van der Waals surface area (Å²) in [5.41, 5.74) is 1.86. The number of carbonyl (C=O) groups is 2. The fraction of sp³-hybridized carbons (Fsp3) is 0.304. The molecule has 0 spiro atoms. The summed E-state index contributed by atoms with van der Waals surface area (Å²) in [4.78, 5) is 25.5. The van der Waals surface area contributed by atoms with Gasteiger partial charge in [-0.25, -0.2) is 4.79 Å². The van der Waals surface area contributed by atoms with Crippen LogP contribution < -0.4 is 0 Å². The lowest BCUT2D eigenvalue weighted by Crippen LogP contribution is -2.11. The molecule has 0 aliphatic rings. The second kappa shape index (κ2) is 8.30. The maximum Gasteiger partial charge on any atom is 0.338 e. The van der Waals surface area contributed by atoms with Crippen LogP contribution in [-0.4, -0.2) is 23.0 Å². The quantitative estimate of drug-likeness (QED) is 0.446. The molecule has 0 saturated carbocycles. The molecule has 1 heterocycles. The number of fused-ring (bicyclic) bond motifs is 1. The Morgan fingerprint density at radius 1 is 1.07 bits per heavy atom. The molecule has 0 radical (unpaired) electrons. The number of hydrogen-bond donors (Lipinski definition) is 1. The van der Waals surface area contributed by atoms with E-state index in [2.05, 4.69) is 6.92 Å². The molecule has 0 atom stereocenters. The van der Waals surface area contributed by atoms with Gasteiger partial charge in [-0.05, 0) is 62.7 Å². The number of rotatable bonds is 7. The van der Waals surface area contributed by atoms with Crippen molar-refractivity contribution < 1.29 is 23.8 Å². The first kappa shape index (κ1) is 19.7. The van der Waals surface area contributed by atoms with E-state index in [1.54, 1.807) is 44.2 Å². The Balaban J connectivity index is 2.11. The molecule has 3 rings (SSSR count). The van der Waals surface area contributed by atoms with Crippen LogP contribution in [-0.2, 0) is 11.2 Å². The molecule has 0 bridgehead atoms. The number of furan rings is 1. The number of phenols is 1. The number of ether oxygens (including phenoxy) is 1. The molecule has 0 amide bonds. The molecule has 3 aromatic rings. The average Bonchev–Trinajstić information content (AvgIpc) is 3.03. The number of unbranched alkanes of at least 4 members (excludes halogenated alkanes) is 1. The van der Waals surface area contributed by atoms with E-state index in [-0.39, 0.29) is 17.6 Å². The van der Waals surface area contributed by atoms with Crippen molar-refractivity contribution in [1.29, 1.82) is 0 Å². The largest absolute Gasteiger partial charge is 0.508 e. The summed E-state index contributed by atoms with van der Waals surface area (Å²) in [5.74, 6) is 0.0818. The normalized spacial score (nSPS) is 11.1. The Kier molecular flexibility index (Phi) is 5.83. The molecule has 5 heteroatoms. The van der Waals surface area contributed by atoms with Crippen molar-refractivity contribution in [3.8, 4) is 5.75 Å². The minimum atomic E-state index is -0.434.